The van der Waals surface area contributed by atoms with Gasteiger partial charge in [0.25, 0.3) is 0 Å². The second-order valence-electron chi connectivity index (χ2n) is 4.12. The number of carbonyl (C=O) groups is 1. The van der Waals surface area contributed by atoms with Crippen LogP contribution in [0, 0.1) is 11.3 Å². The fraction of sp³-hybridized carbons (Fsp3) is 0.333. The van der Waals surface area contributed by atoms with Gasteiger partial charge in [0.2, 0.25) is 0 Å². The van der Waals surface area contributed by atoms with Crippen LogP contribution < -0.4 is 5.32 Å². The zero-order valence-electron chi connectivity index (χ0n) is 9.44. The van der Waals surface area contributed by atoms with Crippen LogP contribution in [0.2, 0.25) is 0 Å². The fourth-order valence-electron chi connectivity index (χ4n) is 1.83. The number of carboxylic acid groups (broad SMARTS) is 1. The van der Waals surface area contributed by atoms with E-state index in [0.29, 0.717) is 28.8 Å². The SMILES string of the molecule is N#Cc1ccc(NC2(C(=O)O)CCOC2)c(Br)c1. The van der Waals surface area contributed by atoms with Gasteiger partial charge in [0, 0.05) is 23.2 Å². The van der Waals surface area contributed by atoms with Gasteiger partial charge in [0.1, 0.15) is 0 Å². The quantitative estimate of drug-likeness (QED) is 0.892. The van der Waals surface area contributed by atoms with Gasteiger partial charge in [-0.15, -0.1) is 0 Å². The van der Waals surface area contributed by atoms with E-state index in [1.54, 1.807) is 18.2 Å². The first kappa shape index (κ1) is 12.9. The number of hydrogen-bond acceptors (Lipinski definition) is 4. The summed E-state index contributed by atoms with van der Waals surface area (Å²) in [4.78, 5) is 11.4. The Morgan fingerprint density at radius 1 is 1.61 bits per heavy atom. The summed E-state index contributed by atoms with van der Waals surface area (Å²) in [5.74, 6) is -0.934. The van der Waals surface area contributed by atoms with Crippen molar-refractivity contribution in [2.45, 2.75) is 12.0 Å². The van der Waals surface area contributed by atoms with Crippen molar-refractivity contribution in [2.24, 2.45) is 0 Å². The third-order valence-electron chi connectivity index (χ3n) is 2.90. The highest BCUT2D eigenvalue weighted by Crippen LogP contribution is 2.30. The highest BCUT2D eigenvalue weighted by Gasteiger charge is 2.42. The molecule has 1 aromatic rings. The fourth-order valence-corrected chi connectivity index (χ4v) is 2.31. The van der Waals surface area contributed by atoms with Crippen LogP contribution in [0.3, 0.4) is 0 Å². The normalized spacial score (nSPS) is 22.4. The number of anilines is 1. The Morgan fingerprint density at radius 3 is 2.89 bits per heavy atom. The molecule has 1 aromatic carbocycles. The molecule has 18 heavy (non-hydrogen) atoms. The molecule has 2 rings (SSSR count). The predicted octanol–water partition coefficient (Wildman–Crippen LogP) is 1.98. The van der Waals surface area contributed by atoms with Gasteiger partial charge in [-0.25, -0.2) is 4.79 Å². The molecular weight excluding hydrogens is 300 g/mol. The van der Waals surface area contributed by atoms with Crippen molar-refractivity contribution in [3.8, 4) is 6.07 Å². The minimum Gasteiger partial charge on any atom is -0.479 e. The summed E-state index contributed by atoms with van der Waals surface area (Å²) in [6, 6.07) is 6.99. The van der Waals surface area contributed by atoms with Crippen LogP contribution >= 0.6 is 15.9 Å². The average molecular weight is 311 g/mol. The molecule has 0 amide bonds. The number of aliphatic carboxylic acids is 1. The molecule has 1 fully saturated rings. The van der Waals surface area contributed by atoms with Crippen LogP contribution in [0.15, 0.2) is 22.7 Å². The maximum atomic E-state index is 11.4. The summed E-state index contributed by atoms with van der Waals surface area (Å²) in [6.07, 6.45) is 0.411. The van der Waals surface area contributed by atoms with E-state index in [1.165, 1.54) is 0 Å². The van der Waals surface area contributed by atoms with Crippen LogP contribution in [0.5, 0.6) is 0 Å². The van der Waals surface area contributed by atoms with E-state index in [9.17, 15) is 9.90 Å². The Balaban J connectivity index is 2.28. The van der Waals surface area contributed by atoms with Gasteiger partial charge in [-0.2, -0.15) is 5.26 Å². The second-order valence-corrected chi connectivity index (χ2v) is 4.98. The lowest BCUT2D eigenvalue weighted by Crippen LogP contribution is -2.47. The molecule has 1 heterocycles. The molecule has 6 heteroatoms. The van der Waals surface area contributed by atoms with E-state index < -0.39 is 11.5 Å². The molecule has 1 aliphatic rings. The van der Waals surface area contributed by atoms with E-state index in [4.69, 9.17) is 10.00 Å². The molecule has 2 N–H and O–H groups in total. The first-order valence-electron chi connectivity index (χ1n) is 5.36. The zero-order chi connectivity index (χ0) is 13.2. The van der Waals surface area contributed by atoms with Crippen LogP contribution in [0.25, 0.3) is 0 Å². The number of hydrogen-bond donors (Lipinski definition) is 2. The zero-order valence-corrected chi connectivity index (χ0v) is 11.0. The lowest BCUT2D eigenvalue weighted by atomic mass is 9.98. The Kier molecular flexibility index (Phi) is 3.55. The Bertz CT molecular complexity index is 519. The lowest BCUT2D eigenvalue weighted by molar-refractivity contribution is -0.142. The lowest BCUT2D eigenvalue weighted by Gasteiger charge is -2.25. The molecule has 1 unspecified atom stereocenters. The van der Waals surface area contributed by atoms with Crippen molar-refractivity contribution in [3.63, 3.8) is 0 Å². The molecule has 0 saturated carbocycles. The Labute approximate surface area is 112 Å². The first-order chi connectivity index (χ1) is 8.57. The van der Waals surface area contributed by atoms with Crippen molar-refractivity contribution >= 4 is 27.6 Å². The Morgan fingerprint density at radius 2 is 2.39 bits per heavy atom. The molecule has 1 aliphatic heterocycles. The summed E-state index contributed by atoms with van der Waals surface area (Å²) in [6.45, 7) is 0.558. The van der Waals surface area contributed by atoms with Crippen molar-refractivity contribution in [3.05, 3.63) is 28.2 Å². The number of nitriles is 1. The molecule has 0 aromatic heterocycles. The van der Waals surface area contributed by atoms with Crippen molar-refractivity contribution in [2.75, 3.05) is 18.5 Å². The molecular formula is C12H11BrN2O3. The smallest absolute Gasteiger partial charge is 0.331 e. The van der Waals surface area contributed by atoms with E-state index in [-0.39, 0.29) is 6.61 Å². The maximum absolute atomic E-state index is 11.4. The molecule has 94 valence electrons. The topological polar surface area (TPSA) is 82.4 Å². The second kappa shape index (κ2) is 4.96. The Hall–Kier alpha value is -1.58. The molecule has 0 aliphatic carbocycles. The summed E-state index contributed by atoms with van der Waals surface area (Å²) in [7, 11) is 0. The summed E-state index contributed by atoms with van der Waals surface area (Å²) in [5.41, 5.74) is 0.0674. The largest absolute Gasteiger partial charge is 0.479 e. The van der Waals surface area contributed by atoms with Crippen molar-refractivity contribution in [1.82, 2.24) is 0 Å². The highest BCUT2D eigenvalue weighted by atomic mass is 79.9. The molecule has 0 spiro atoms. The van der Waals surface area contributed by atoms with Crippen molar-refractivity contribution in [1.29, 1.82) is 5.26 Å². The number of rotatable bonds is 3. The van der Waals surface area contributed by atoms with Gasteiger partial charge in [-0.3, -0.25) is 0 Å². The van der Waals surface area contributed by atoms with Gasteiger partial charge in [-0.1, -0.05) is 0 Å². The molecule has 1 atom stereocenters. The number of carboxylic acids is 1. The van der Waals surface area contributed by atoms with Gasteiger partial charge in [0.15, 0.2) is 5.54 Å². The summed E-state index contributed by atoms with van der Waals surface area (Å²) in [5, 5.41) is 21.1. The van der Waals surface area contributed by atoms with Gasteiger partial charge >= 0.3 is 5.97 Å². The van der Waals surface area contributed by atoms with Gasteiger partial charge < -0.3 is 15.2 Å². The molecule has 5 nitrogen and oxygen atoms in total. The van der Waals surface area contributed by atoms with E-state index >= 15 is 0 Å². The molecule has 1 saturated heterocycles. The molecule has 0 radical (unpaired) electrons. The van der Waals surface area contributed by atoms with E-state index in [1.807, 2.05) is 6.07 Å². The minimum absolute atomic E-state index is 0.134. The van der Waals surface area contributed by atoms with Crippen LogP contribution in [0.4, 0.5) is 5.69 Å². The maximum Gasteiger partial charge on any atom is 0.331 e. The van der Waals surface area contributed by atoms with Crippen LogP contribution in [-0.2, 0) is 9.53 Å². The van der Waals surface area contributed by atoms with E-state index in [0.717, 1.165) is 0 Å². The van der Waals surface area contributed by atoms with Crippen LogP contribution in [0.1, 0.15) is 12.0 Å². The average Bonchev–Trinajstić information content (AvgIpc) is 2.81. The standard InChI is InChI=1S/C12H11BrN2O3/c13-9-5-8(6-14)1-2-10(9)15-12(11(16)17)3-4-18-7-12/h1-2,5,15H,3-4,7H2,(H,16,17). The number of ether oxygens (including phenoxy) is 1. The number of halogens is 1. The number of nitrogens with zero attached hydrogens (tertiary/aromatic N) is 1. The van der Waals surface area contributed by atoms with E-state index in [2.05, 4.69) is 21.2 Å². The van der Waals surface area contributed by atoms with Crippen molar-refractivity contribution < 1.29 is 14.6 Å². The first-order valence-corrected chi connectivity index (χ1v) is 6.16. The third kappa shape index (κ3) is 2.33. The number of nitrogens with one attached hydrogen (secondary N) is 1. The van der Waals surface area contributed by atoms with Gasteiger partial charge in [-0.05, 0) is 34.1 Å². The molecule has 0 bridgehead atoms. The van der Waals surface area contributed by atoms with Crippen LogP contribution in [-0.4, -0.2) is 29.8 Å². The summed E-state index contributed by atoms with van der Waals surface area (Å²) >= 11 is 3.32. The minimum atomic E-state index is -1.09. The predicted molar refractivity (Wildman–Crippen MR) is 68.3 cm³/mol. The summed E-state index contributed by atoms with van der Waals surface area (Å²) < 4.78 is 5.83. The van der Waals surface area contributed by atoms with Gasteiger partial charge in [0.05, 0.1) is 18.2 Å². The monoisotopic (exact) mass is 310 g/mol. The third-order valence-corrected chi connectivity index (χ3v) is 3.56. The highest BCUT2D eigenvalue weighted by molar-refractivity contribution is 9.10. The number of benzene rings is 1.